The van der Waals surface area contributed by atoms with Gasteiger partial charge in [0.25, 0.3) is 5.70 Å². The molecular weight excluding hydrogens is 470 g/mol. The second kappa shape index (κ2) is 8.15. The van der Waals surface area contributed by atoms with Crippen LogP contribution in [0, 0.1) is 11.8 Å². The van der Waals surface area contributed by atoms with Gasteiger partial charge in [0.2, 0.25) is 5.70 Å². The van der Waals surface area contributed by atoms with E-state index in [9.17, 15) is 0 Å². The summed E-state index contributed by atoms with van der Waals surface area (Å²) in [6, 6.07) is 32.3. The van der Waals surface area contributed by atoms with Gasteiger partial charge >= 0.3 is 0 Å². The molecule has 1 aliphatic heterocycles. The van der Waals surface area contributed by atoms with Crippen molar-refractivity contribution >= 4 is 22.7 Å². The first-order valence-electron chi connectivity index (χ1n) is 14.3. The maximum Gasteiger partial charge on any atom is 0.262 e. The zero-order valence-corrected chi connectivity index (χ0v) is 22.8. The number of allylic oxidation sites excluding steroid dienone is 2. The normalized spacial score (nSPS) is 23.1. The van der Waals surface area contributed by atoms with E-state index in [4.69, 9.17) is 0 Å². The SMILES string of the molecule is CC(C)C/C=[N+]1\C2=C=CC=C2C(C23c4ccccc4-c4cc5ccc(cc5cc42)CC3C)=C1c1ccccc1. The fourth-order valence-corrected chi connectivity index (χ4v) is 7.68. The fourth-order valence-electron chi connectivity index (χ4n) is 7.68. The minimum atomic E-state index is -0.271. The minimum Gasteiger partial charge on any atom is -0.156 e. The molecule has 39 heavy (non-hydrogen) atoms. The molecule has 1 heteroatoms. The summed E-state index contributed by atoms with van der Waals surface area (Å²) in [4.78, 5) is 0. The number of benzene rings is 4. The lowest BCUT2D eigenvalue weighted by molar-refractivity contribution is -0.359. The van der Waals surface area contributed by atoms with E-state index in [0.717, 1.165) is 12.8 Å². The Kier molecular flexibility index (Phi) is 4.76. The molecule has 0 saturated heterocycles. The van der Waals surface area contributed by atoms with Crippen LogP contribution >= 0.6 is 0 Å². The topological polar surface area (TPSA) is 3.01 Å². The summed E-state index contributed by atoms with van der Waals surface area (Å²) in [7, 11) is 0. The molecular formula is C38H32N+. The van der Waals surface area contributed by atoms with Crippen molar-refractivity contribution in [2.24, 2.45) is 11.8 Å². The van der Waals surface area contributed by atoms with Gasteiger partial charge in [0.05, 0.1) is 16.6 Å². The van der Waals surface area contributed by atoms with E-state index in [-0.39, 0.29) is 5.41 Å². The zero-order valence-electron chi connectivity index (χ0n) is 22.8. The molecule has 4 aliphatic rings. The molecule has 0 aromatic heterocycles. The van der Waals surface area contributed by atoms with E-state index in [1.807, 2.05) is 0 Å². The molecule has 0 N–H and O–H groups in total. The highest BCUT2D eigenvalue weighted by Crippen LogP contribution is 2.63. The van der Waals surface area contributed by atoms with Crippen LogP contribution in [0.5, 0.6) is 0 Å². The lowest BCUT2D eigenvalue weighted by atomic mass is 9.60. The maximum atomic E-state index is 3.65. The van der Waals surface area contributed by atoms with E-state index >= 15 is 0 Å². The number of rotatable bonds is 4. The van der Waals surface area contributed by atoms with Crippen molar-refractivity contribution in [2.75, 3.05) is 0 Å². The Morgan fingerprint density at radius 1 is 0.897 bits per heavy atom. The third kappa shape index (κ3) is 3.00. The summed E-state index contributed by atoms with van der Waals surface area (Å²) in [5, 5.41) is 2.68. The van der Waals surface area contributed by atoms with Crippen LogP contribution in [0.1, 0.15) is 49.4 Å². The Balaban J connectivity index is 1.56. The second-order valence-electron chi connectivity index (χ2n) is 12.0. The number of hydrogen-bond acceptors (Lipinski definition) is 0. The summed E-state index contributed by atoms with van der Waals surface area (Å²) >= 11 is 0. The van der Waals surface area contributed by atoms with E-state index < -0.39 is 0 Å². The van der Waals surface area contributed by atoms with Gasteiger partial charge in [-0.2, -0.15) is 4.58 Å². The average Bonchev–Trinajstić information content (AvgIpc) is 3.61. The molecule has 0 fully saturated rings. The number of nitrogens with zero attached hydrogens (tertiary/aromatic N) is 1. The Morgan fingerprint density at radius 3 is 2.56 bits per heavy atom. The van der Waals surface area contributed by atoms with Gasteiger partial charge in [-0.1, -0.05) is 81.4 Å². The third-order valence-electron chi connectivity index (χ3n) is 9.30. The van der Waals surface area contributed by atoms with Crippen LogP contribution in [0.25, 0.3) is 27.6 Å². The van der Waals surface area contributed by atoms with Crippen LogP contribution in [-0.2, 0) is 11.8 Å². The largest absolute Gasteiger partial charge is 0.262 e. The molecule has 4 aromatic rings. The monoisotopic (exact) mass is 502 g/mol. The zero-order chi connectivity index (χ0) is 26.3. The first-order valence-corrected chi connectivity index (χ1v) is 14.3. The van der Waals surface area contributed by atoms with Gasteiger partial charge < -0.3 is 0 Å². The van der Waals surface area contributed by atoms with Gasteiger partial charge in [-0.05, 0) is 99.0 Å². The van der Waals surface area contributed by atoms with Crippen LogP contribution in [0.3, 0.4) is 0 Å². The molecule has 0 saturated carbocycles. The quantitative estimate of drug-likeness (QED) is 0.194. The average molecular weight is 503 g/mol. The molecule has 4 aromatic carbocycles. The van der Waals surface area contributed by atoms with Gasteiger partial charge in [0.15, 0.2) is 6.21 Å². The summed E-state index contributed by atoms with van der Waals surface area (Å²) < 4.78 is 2.47. The predicted octanol–water partition coefficient (Wildman–Crippen LogP) is 8.83. The van der Waals surface area contributed by atoms with E-state index in [1.54, 1.807) is 0 Å². The van der Waals surface area contributed by atoms with E-state index in [1.165, 1.54) is 66.7 Å². The van der Waals surface area contributed by atoms with Crippen molar-refractivity contribution in [3.63, 3.8) is 0 Å². The standard InChI is InChI=1S/C38H32N/c1-24(2)18-19-39-35-15-9-13-31(35)36(37(39)27-10-5-4-6-11-27)38-25(3)20-26-16-17-28-22-32(34(38)23-29(28)21-26)30-12-7-8-14-33(30)38/h4-14,16-17,19,21-25H,18,20H2,1-3H3/q+1/b39-19+. The molecule has 3 bridgehead atoms. The summed E-state index contributed by atoms with van der Waals surface area (Å²) in [6.07, 6.45) is 8.90. The van der Waals surface area contributed by atoms with Gasteiger partial charge in [-0.3, -0.25) is 0 Å². The Morgan fingerprint density at radius 2 is 1.72 bits per heavy atom. The van der Waals surface area contributed by atoms with Gasteiger partial charge in [-0.15, -0.1) is 0 Å². The molecule has 1 heterocycles. The molecule has 188 valence electrons. The van der Waals surface area contributed by atoms with E-state index in [2.05, 4.69) is 134 Å². The van der Waals surface area contributed by atoms with Crippen LogP contribution in [-0.4, -0.2) is 10.8 Å². The van der Waals surface area contributed by atoms with E-state index in [0.29, 0.717) is 11.8 Å². The van der Waals surface area contributed by atoms with Crippen molar-refractivity contribution in [1.82, 2.24) is 0 Å². The lowest BCUT2D eigenvalue weighted by Gasteiger charge is -2.40. The first-order chi connectivity index (χ1) is 19.1. The lowest BCUT2D eigenvalue weighted by Crippen LogP contribution is -2.38. The smallest absolute Gasteiger partial charge is 0.156 e. The number of fused-ring (bicyclic) bond motifs is 5. The summed E-state index contributed by atoms with van der Waals surface area (Å²) in [5.41, 5.74) is 17.0. The molecule has 2 atom stereocenters. The van der Waals surface area contributed by atoms with Gasteiger partial charge in [0, 0.05) is 12.0 Å². The Hall–Kier alpha value is -4.19. The van der Waals surface area contributed by atoms with Crippen LogP contribution < -0.4 is 0 Å². The van der Waals surface area contributed by atoms with Crippen LogP contribution in [0.15, 0.2) is 120 Å². The van der Waals surface area contributed by atoms with Crippen molar-refractivity contribution in [3.05, 3.63) is 142 Å². The summed E-state index contributed by atoms with van der Waals surface area (Å²) in [6.45, 7) is 7.08. The van der Waals surface area contributed by atoms with Crippen LogP contribution in [0.4, 0.5) is 0 Å². The number of hydrogen-bond donors (Lipinski definition) is 0. The maximum absolute atomic E-state index is 3.65. The highest BCUT2D eigenvalue weighted by atomic mass is 15.1. The molecule has 0 amide bonds. The van der Waals surface area contributed by atoms with Crippen molar-refractivity contribution in [3.8, 4) is 11.1 Å². The Bertz CT molecular complexity index is 1870. The minimum absolute atomic E-state index is 0.271. The second-order valence-corrected chi connectivity index (χ2v) is 12.0. The highest BCUT2D eigenvalue weighted by Gasteiger charge is 2.57. The molecule has 0 radical (unpaired) electrons. The molecule has 2 unspecified atom stereocenters. The fraction of sp³-hybridized carbons (Fsp3) is 0.211. The highest BCUT2D eigenvalue weighted by molar-refractivity contribution is 5.97. The molecule has 3 aliphatic carbocycles. The molecule has 1 nitrogen and oxygen atoms in total. The first kappa shape index (κ1) is 22.8. The Labute approximate surface area is 230 Å². The molecule has 8 rings (SSSR count). The summed E-state index contributed by atoms with van der Waals surface area (Å²) in [5.74, 6) is 0.934. The van der Waals surface area contributed by atoms with Gasteiger partial charge in [0.1, 0.15) is 0 Å². The van der Waals surface area contributed by atoms with Gasteiger partial charge in [-0.25, -0.2) is 0 Å². The molecule has 0 spiro atoms. The van der Waals surface area contributed by atoms with Crippen LogP contribution in [0.2, 0.25) is 0 Å². The van der Waals surface area contributed by atoms with Crippen molar-refractivity contribution < 1.29 is 4.58 Å². The third-order valence-corrected chi connectivity index (χ3v) is 9.30. The predicted molar refractivity (Wildman–Crippen MR) is 162 cm³/mol. The van der Waals surface area contributed by atoms with Crippen molar-refractivity contribution in [1.29, 1.82) is 0 Å². The van der Waals surface area contributed by atoms with Crippen molar-refractivity contribution in [2.45, 2.75) is 39.0 Å².